The first-order valence-electron chi connectivity index (χ1n) is 4.72. The number of hydrogen-bond donors (Lipinski definition) is 1. The molecule has 1 aliphatic heterocycles. The van der Waals surface area contributed by atoms with Crippen molar-refractivity contribution in [3.63, 3.8) is 0 Å². The molecule has 1 atom stereocenters. The van der Waals surface area contributed by atoms with Gasteiger partial charge in [-0.2, -0.15) is 0 Å². The summed E-state index contributed by atoms with van der Waals surface area (Å²) in [6.07, 6.45) is 4.85. The maximum absolute atomic E-state index is 5.63. The number of nitrogens with two attached hydrogens (primary N) is 1. The summed E-state index contributed by atoms with van der Waals surface area (Å²) in [4.78, 5) is 10.8. The lowest BCUT2D eigenvalue weighted by molar-refractivity contribution is 0.602. The van der Waals surface area contributed by atoms with Gasteiger partial charge in [-0.3, -0.25) is 0 Å². The van der Waals surface area contributed by atoms with Gasteiger partial charge >= 0.3 is 0 Å². The van der Waals surface area contributed by atoms with Gasteiger partial charge in [0, 0.05) is 29.1 Å². The van der Waals surface area contributed by atoms with E-state index in [-0.39, 0.29) is 0 Å². The van der Waals surface area contributed by atoms with Gasteiger partial charge in [0.15, 0.2) is 0 Å². The average Bonchev–Trinajstić information content (AvgIpc) is 2.67. The highest BCUT2D eigenvalue weighted by atomic mass is 127. The third kappa shape index (κ3) is 2.14. The van der Waals surface area contributed by atoms with E-state index in [1.807, 2.05) is 12.4 Å². The van der Waals surface area contributed by atoms with Crippen LogP contribution in [-0.4, -0.2) is 29.6 Å². The molecule has 1 aliphatic rings. The zero-order valence-electron chi connectivity index (χ0n) is 7.86. The molecule has 0 spiro atoms. The lowest BCUT2D eigenvalue weighted by atomic mass is 10.1. The summed E-state index contributed by atoms with van der Waals surface area (Å²) < 4.78 is 1.07. The molecule has 76 valence electrons. The molecule has 1 saturated heterocycles. The van der Waals surface area contributed by atoms with Crippen LogP contribution in [0.25, 0.3) is 0 Å². The lowest BCUT2D eigenvalue weighted by Crippen LogP contribution is -2.24. The van der Waals surface area contributed by atoms with Crippen LogP contribution in [-0.2, 0) is 0 Å². The maximum atomic E-state index is 5.63. The maximum Gasteiger partial charge on any atom is 0.225 e. The van der Waals surface area contributed by atoms with Gasteiger partial charge in [0.1, 0.15) is 0 Å². The third-order valence-electron chi connectivity index (χ3n) is 2.51. The Kier molecular flexibility index (Phi) is 3.17. The molecule has 0 aliphatic carbocycles. The molecule has 2 heterocycles. The Balaban J connectivity index is 2.06. The van der Waals surface area contributed by atoms with Gasteiger partial charge in [-0.15, -0.1) is 0 Å². The van der Waals surface area contributed by atoms with E-state index in [0.29, 0.717) is 5.92 Å². The molecule has 0 bridgehead atoms. The second-order valence-corrected chi connectivity index (χ2v) is 4.78. The van der Waals surface area contributed by atoms with Crippen LogP contribution in [0, 0.1) is 9.49 Å². The molecular weight excluding hydrogens is 291 g/mol. The largest absolute Gasteiger partial charge is 0.340 e. The number of hydrogen-bond acceptors (Lipinski definition) is 4. The minimum absolute atomic E-state index is 0.609. The number of nitrogens with zero attached hydrogens (tertiary/aromatic N) is 3. The first kappa shape index (κ1) is 10.1. The van der Waals surface area contributed by atoms with E-state index in [4.69, 9.17) is 5.73 Å². The minimum Gasteiger partial charge on any atom is -0.340 e. The van der Waals surface area contributed by atoms with Gasteiger partial charge in [0.05, 0.1) is 0 Å². The quantitative estimate of drug-likeness (QED) is 0.824. The molecule has 2 N–H and O–H groups in total. The van der Waals surface area contributed by atoms with Crippen molar-refractivity contribution >= 4 is 28.5 Å². The summed E-state index contributed by atoms with van der Waals surface area (Å²) >= 11 is 2.21. The Morgan fingerprint density at radius 2 is 2.21 bits per heavy atom. The van der Waals surface area contributed by atoms with Crippen LogP contribution in [0.5, 0.6) is 0 Å². The highest BCUT2D eigenvalue weighted by molar-refractivity contribution is 14.1. The van der Waals surface area contributed by atoms with Crippen molar-refractivity contribution in [3.8, 4) is 0 Å². The molecule has 1 aromatic rings. The monoisotopic (exact) mass is 304 g/mol. The number of rotatable bonds is 2. The van der Waals surface area contributed by atoms with Crippen molar-refractivity contribution in [1.29, 1.82) is 0 Å². The van der Waals surface area contributed by atoms with Crippen LogP contribution in [0.2, 0.25) is 0 Å². The van der Waals surface area contributed by atoms with Gasteiger partial charge in [-0.25, -0.2) is 9.97 Å². The normalized spacial score (nSPS) is 21.6. The Labute approximate surface area is 97.1 Å². The van der Waals surface area contributed by atoms with Gasteiger partial charge < -0.3 is 10.6 Å². The topological polar surface area (TPSA) is 55.0 Å². The van der Waals surface area contributed by atoms with Gasteiger partial charge in [-0.05, 0) is 41.5 Å². The second-order valence-electron chi connectivity index (χ2n) is 3.54. The molecule has 1 fully saturated rings. The standard InChI is InChI=1S/C9H13IN4/c10-8-4-12-9(13-5-8)14-2-1-7(3-11)6-14/h4-5,7H,1-3,6,11H2. The summed E-state index contributed by atoms with van der Waals surface area (Å²) in [6, 6.07) is 0. The van der Waals surface area contributed by atoms with Crippen LogP contribution in [0.1, 0.15) is 6.42 Å². The van der Waals surface area contributed by atoms with E-state index in [1.165, 1.54) is 0 Å². The number of aromatic nitrogens is 2. The number of halogens is 1. The molecule has 4 nitrogen and oxygen atoms in total. The highest BCUT2D eigenvalue weighted by Crippen LogP contribution is 2.19. The molecule has 2 rings (SSSR count). The third-order valence-corrected chi connectivity index (χ3v) is 3.07. The van der Waals surface area contributed by atoms with Gasteiger partial charge in [0.2, 0.25) is 5.95 Å². The van der Waals surface area contributed by atoms with Crippen molar-refractivity contribution in [3.05, 3.63) is 16.0 Å². The fraction of sp³-hybridized carbons (Fsp3) is 0.556. The highest BCUT2D eigenvalue weighted by Gasteiger charge is 2.22. The molecule has 5 heteroatoms. The van der Waals surface area contributed by atoms with Crippen LogP contribution >= 0.6 is 22.6 Å². The van der Waals surface area contributed by atoms with Crippen molar-refractivity contribution in [2.24, 2.45) is 11.7 Å². The van der Waals surface area contributed by atoms with Crippen molar-refractivity contribution < 1.29 is 0 Å². The zero-order chi connectivity index (χ0) is 9.97. The molecular formula is C9H13IN4. The first-order valence-corrected chi connectivity index (χ1v) is 5.80. The smallest absolute Gasteiger partial charge is 0.225 e. The van der Waals surface area contributed by atoms with Crippen molar-refractivity contribution in [2.75, 3.05) is 24.5 Å². The average molecular weight is 304 g/mol. The van der Waals surface area contributed by atoms with Gasteiger partial charge in [-0.1, -0.05) is 0 Å². The Morgan fingerprint density at radius 1 is 1.50 bits per heavy atom. The summed E-state index contributed by atoms with van der Waals surface area (Å²) in [7, 11) is 0. The molecule has 14 heavy (non-hydrogen) atoms. The van der Waals surface area contributed by atoms with Crippen LogP contribution in [0.15, 0.2) is 12.4 Å². The van der Waals surface area contributed by atoms with Crippen molar-refractivity contribution in [1.82, 2.24) is 9.97 Å². The predicted octanol–water partition coefficient (Wildman–Crippen LogP) is 0.866. The first-order chi connectivity index (χ1) is 6.79. The SMILES string of the molecule is NCC1CCN(c2ncc(I)cn2)C1. The molecule has 1 unspecified atom stereocenters. The Bertz CT molecular complexity index is 300. The molecule has 0 saturated carbocycles. The van der Waals surface area contributed by atoms with E-state index in [1.54, 1.807) is 0 Å². The Hall–Kier alpha value is -0.430. The number of anilines is 1. The summed E-state index contributed by atoms with van der Waals surface area (Å²) in [5.74, 6) is 1.44. The van der Waals surface area contributed by atoms with Crippen LogP contribution < -0.4 is 10.6 Å². The minimum atomic E-state index is 0.609. The Morgan fingerprint density at radius 3 is 2.79 bits per heavy atom. The molecule has 0 aromatic carbocycles. The summed E-state index contributed by atoms with van der Waals surface area (Å²) in [5, 5.41) is 0. The summed E-state index contributed by atoms with van der Waals surface area (Å²) in [5.41, 5.74) is 5.63. The van der Waals surface area contributed by atoms with Crippen LogP contribution in [0.4, 0.5) is 5.95 Å². The zero-order valence-corrected chi connectivity index (χ0v) is 10.0. The predicted molar refractivity (Wildman–Crippen MR) is 64.1 cm³/mol. The van der Waals surface area contributed by atoms with Gasteiger partial charge in [0.25, 0.3) is 0 Å². The van der Waals surface area contributed by atoms with Crippen molar-refractivity contribution in [2.45, 2.75) is 6.42 Å². The van der Waals surface area contributed by atoms with E-state index in [9.17, 15) is 0 Å². The van der Waals surface area contributed by atoms with E-state index >= 15 is 0 Å². The lowest BCUT2D eigenvalue weighted by Gasteiger charge is -2.15. The second kappa shape index (κ2) is 4.39. The molecule has 1 aromatic heterocycles. The van der Waals surface area contributed by atoms with E-state index in [2.05, 4.69) is 37.5 Å². The van der Waals surface area contributed by atoms with E-state index < -0.39 is 0 Å². The van der Waals surface area contributed by atoms with Crippen LogP contribution in [0.3, 0.4) is 0 Å². The van der Waals surface area contributed by atoms with E-state index in [0.717, 1.165) is 35.6 Å². The molecule has 0 amide bonds. The molecule has 0 radical (unpaired) electrons. The fourth-order valence-corrected chi connectivity index (χ4v) is 1.95. The fourth-order valence-electron chi connectivity index (χ4n) is 1.68. The summed E-state index contributed by atoms with van der Waals surface area (Å²) in [6.45, 7) is 2.79.